The predicted molar refractivity (Wildman–Crippen MR) is 51.8 cm³/mol. The number of terminal acetylenes is 1. The zero-order valence-electron chi connectivity index (χ0n) is 6.97. The van der Waals surface area contributed by atoms with Gasteiger partial charge in [-0.25, -0.2) is 0 Å². The summed E-state index contributed by atoms with van der Waals surface area (Å²) in [5, 5.41) is 4.17. The fraction of sp³-hybridized carbons (Fsp3) is 0.778. The minimum absolute atomic E-state index is 0.668. The second kappa shape index (κ2) is 4.69. The van der Waals surface area contributed by atoms with E-state index in [1.54, 1.807) is 0 Å². The predicted octanol–water partition coefficient (Wildman–Crippen LogP) is 1.49. The molecule has 62 valence electrons. The van der Waals surface area contributed by atoms with E-state index in [9.17, 15) is 0 Å². The molecular formula is C9H15NS. The second-order valence-corrected chi connectivity index (χ2v) is 3.97. The minimum Gasteiger partial charge on any atom is -0.302 e. The van der Waals surface area contributed by atoms with Crippen LogP contribution in [0.1, 0.15) is 19.3 Å². The Hall–Kier alpha value is -0.130. The normalized spacial score (nSPS) is 30.2. The molecular weight excluding hydrogens is 154 g/mol. The Morgan fingerprint density at radius 2 is 2.45 bits per heavy atom. The summed E-state index contributed by atoms with van der Waals surface area (Å²) in [6.45, 7) is 0.724. The molecule has 0 saturated heterocycles. The summed E-state index contributed by atoms with van der Waals surface area (Å²) in [6.07, 6.45) is 11.4. The van der Waals surface area contributed by atoms with Crippen LogP contribution in [0.4, 0.5) is 0 Å². The molecule has 1 aliphatic carbocycles. The number of rotatable bonds is 3. The summed E-state index contributed by atoms with van der Waals surface area (Å²) < 4.78 is 0. The second-order valence-electron chi connectivity index (χ2n) is 2.90. The first-order valence-electron chi connectivity index (χ1n) is 4.08. The van der Waals surface area contributed by atoms with Gasteiger partial charge in [-0.1, -0.05) is 12.3 Å². The lowest BCUT2D eigenvalue weighted by atomic mass is 10.2. The summed E-state index contributed by atoms with van der Waals surface area (Å²) in [5.41, 5.74) is 0. The topological polar surface area (TPSA) is 12.0 Å². The monoisotopic (exact) mass is 169 g/mol. The van der Waals surface area contributed by atoms with E-state index in [0.29, 0.717) is 6.04 Å². The quantitative estimate of drug-likeness (QED) is 0.642. The maximum absolute atomic E-state index is 5.17. The molecule has 2 heteroatoms. The van der Waals surface area contributed by atoms with Gasteiger partial charge in [-0.05, 0) is 19.1 Å². The van der Waals surface area contributed by atoms with Crippen molar-refractivity contribution in [2.45, 2.75) is 30.6 Å². The van der Waals surface area contributed by atoms with Crippen molar-refractivity contribution in [1.82, 2.24) is 5.32 Å². The van der Waals surface area contributed by atoms with Crippen LogP contribution in [0.25, 0.3) is 0 Å². The lowest BCUT2D eigenvalue weighted by Gasteiger charge is -2.17. The highest BCUT2D eigenvalue weighted by atomic mass is 32.2. The molecule has 2 unspecified atom stereocenters. The van der Waals surface area contributed by atoms with E-state index in [2.05, 4.69) is 17.5 Å². The van der Waals surface area contributed by atoms with Gasteiger partial charge in [0.2, 0.25) is 0 Å². The Kier molecular flexibility index (Phi) is 3.82. The van der Waals surface area contributed by atoms with Crippen molar-refractivity contribution in [1.29, 1.82) is 0 Å². The van der Waals surface area contributed by atoms with Gasteiger partial charge < -0.3 is 5.32 Å². The maximum Gasteiger partial charge on any atom is 0.0576 e. The van der Waals surface area contributed by atoms with Gasteiger partial charge in [0, 0.05) is 11.3 Å². The molecule has 0 amide bonds. The zero-order valence-corrected chi connectivity index (χ0v) is 7.79. The summed E-state index contributed by atoms with van der Waals surface area (Å²) >= 11 is 1.96. The molecule has 0 aliphatic heterocycles. The van der Waals surface area contributed by atoms with Gasteiger partial charge in [-0.3, -0.25) is 0 Å². The van der Waals surface area contributed by atoms with Crippen molar-refractivity contribution in [2.75, 3.05) is 12.8 Å². The molecule has 1 N–H and O–H groups in total. The third-order valence-corrected chi connectivity index (χ3v) is 3.39. The van der Waals surface area contributed by atoms with Crippen LogP contribution in [0.2, 0.25) is 0 Å². The van der Waals surface area contributed by atoms with E-state index in [1.807, 2.05) is 11.8 Å². The van der Waals surface area contributed by atoms with Crippen LogP contribution in [0, 0.1) is 12.3 Å². The molecule has 0 heterocycles. The van der Waals surface area contributed by atoms with Gasteiger partial charge >= 0.3 is 0 Å². The number of nitrogens with one attached hydrogen (secondary N) is 1. The Morgan fingerprint density at radius 3 is 3.09 bits per heavy atom. The molecule has 1 rings (SSSR count). The van der Waals surface area contributed by atoms with E-state index < -0.39 is 0 Å². The van der Waals surface area contributed by atoms with E-state index in [0.717, 1.165) is 11.8 Å². The van der Waals surface area contributed by atoms with Crippen LogP contribution in [-0.4, -0.2) is 24.1 Å². The molecule has 0 aromatic heterocycles. The molecule has 0 aromatic carbocycles. The smallest absolute Gasteiger partial charge is 0.0576 e. The highest BCUT2D eigenvalue weighted by Gasteiger charge is 2.25. The molecule has 0 spiro atoms. The van der Waals surface area contributed by atoms with Crippen LogP contribution in [0.5, 0.6) is 0 Å². The van der Waals surface area contributed by atoms with E-state index >= 15 is 0 Å². The zero-order chi connectivity index (χ0) is 8.10. The van der Waals surface area contributed by atoms with Crippen molar-refractivity contribution >= 4 is 11.8 Å². The van der Waals surface area contributed by atoms with Gasteiger partial charge in [0.25, 0.3) is 0 Å². The third-order valence-electron chi connectivity index (χ3n) is 2.22. The van der Waals surface area contributed by atoms with Crippen molar-refractivity contribution in [3.63, 3.8) is 0 Å². The summed E-state index contributed by atoms with van der Waals surface area (Å²) in [4.78, 5) is 0. The third kappa shape index (κ3) is 2.43. The van der Waals surface area contributed by atoms with E-state index in [-0.39, 0.29) is 0 Å². The van der Waals surface area contributed by atoms with Gasteiger partial charge in [-0.15, -0.1) is 6.42 Å². The maximum atomic E-state index is 5.17. The molecule has 1 saturated carbocycles. The van der Waals surface area contributed by atoms with Crippen LogP contribution in [0.3, 0.4) is 0 Å². The Labute approximate surface area is 73.3 Å². The first kappa shape index (κ1) is 8.96. The van der Waals surface area contributed by atoms with Crippen molar-refractivity contribution in [3.05, 3.63) is 0 Å². The average molecular weight is 169 g/mol. The molecule has 0 aromatic rings. The first-order valence-corrected chi connectivity index (χ1v) is 5.37. The molecule has 0 bridgehead atoms. The van der Waals surface area contributed by atoms with E-state index in [1.165, 1.54) is 19.3 Å². The average Bonchev–Trinajstić information content (AvgIpc) is 2.47. The lowest BCUT2D eigenvalue weighted by molar-refractivity contribution is 0.570. The molecule has 0 radical (unpaired) electrons. The molecule has 1 fully saturated rings. The van der Waals surface area contributed by atoms with Gasteiger partial charge in [0.1, 0.15) is 0 Å². The standard InChI is InChI=1S/C9H15NS/c1-3-7-10-8-5-4-6-9(8)11-2/h1,8-10H,4-7H2,2H3. The molecule has 1 nitrogen and oxygen atoms in total. The van der Waals surface area contributed by atoms with Crippen LogP contribution in [0.15, 0.2) is 0 Å². The SMILES string of the molecule is C#CCNC1CCCC1SC. The molecule has 1 aliphatic rings. The summed E-state index contributed by atoms with van der Waals surface area (Å²) in [7, 11) is 0. The molecule has 2 atom stereocenters. The van der Waals surface area contributed by atoms with Crippen molar-refractivity contribution in [2.24, 2.45) is 0 Å². The van der Waals surface area contributed by atoms with Gasteiger partial charge in [0.15, 0.2) is 0 Å². The Morgan fingerprint density at radius 1 is 1.64 bits per heavy atom. The van der Waals surface area contributed by atoms with Crippen molar-refractivity contribution in [3.8, 4) is 12.3 Å². The minimum atomic E-state index is 0.668. The highest BCUT2D eigenvalue weighted by molar-refractivity contribution is 7.99. The number of hydrogen-bond acceptors (Lipinski definition) is 2. The van der Waals surface area contributed by atoms with Crippen LogP contribution in [-0.2, 0) is 0 Å². The van der Waals surface area contributed by atoms with Crippen molar-refractivity contribution < 1.29 is 0 Å². The Balaban J connectivity index is 2.27. The fourth-order valence-electron chi connectivity index (χ4n) is 1.63. The van der Waals surface area contributed by atoms with Crippen LogP contribution < -0.4 is 5.32 Å². The fourth-order valence-corrected chi connectivity index (χ4v) is 2.59. The first-order chi connectivity index (χ1) is 5.38. The van der Waals surface area contributed by atoms with Crippen LogP contribution >= 0.6 is 11.8 Å². The number of thioether (sulfide) groups is 1. The van der Waals surface area contributed by atoms with Gasteiger partial charge in [0.05, 0.1) is 6.54 Å². The lowest BCUT2D eigenvalue weighted by Crippen LogP contribution is -2.34. The number of hydrogen-bond donors (Lipinski definition) is 1. The Bertz CT molecular complexity index is 150. The largest absolute Gasteiger partial charge is 0.302 e. The summed E-state index contributed by atoms with van der Waals surface area (Å²) in [5.74, 6) is 2.62. The molecule has 11 heavy (non-hydrogen) atoms. The van der Waals surface area contributed by atoms with Gasteiger partial charge in [-0.2, -0.15) is 11.8 Å². The van der Waals surface area contributed by atoms with E-state index in [4.69, 9.17) is 6.42 Å². The summed E-state index contributed by atoms with van der Waals surface area (Å²) in [6, 6.07) is 0.668. The highest BCUT2D eigenvalue weighted by Crippen LogP contribution is 2.27.